The Bertz CT molecular complexity index is 683. The van der Waals surface area contributed by atoms with Gasteiger partial charge < -0.3 is 5.32 Å². The number of halogens is 4. The van der Waals surface area contributed by atoms with Crippen molar-refractivity contribution in [1.29, 1.82) is 0 Å². The molecule has 1 aliphatic heterocycles. The van der Waals surface area contributed by atoms with Crippen LogP contribution >= 0.6 is 23.2 Å². The Morgan fingerprint density at radius 2 is 2.00 bits per heavy atom. The number of urea groups is 1. The predicted molar refractivity (Wildman–Crippen MR) is 76.5 cm³/mol. The second kappa shape index (κ2) is 4.80. The molecular formula is C14H12Cl2F2N2O2. The Morgan fingerprint density at radius 1 is 1.36 bits per heavy atom. The fourth-order valence-corrected chi connectivity index (χ4v) is 3.12. The van der Waals surface area contributed by atoms with E-state index in [2.05, 4.69) is 5.32 Å². The molecular weight excluding hydrogens is 337 g/mol. The van der Waals surface area contributed by atoms with E-state index < -0.39 is 33.4 Å². The summed E-state index contributed by atoms with van der Waals surface area (Å²) in [5.74, 6) is -2.33. The zero-order chi connectivity index (χ0) is 16.3. The number of carbonyl (C=O) groups excluding carboxylic acids is 2. The third-order valence-electron chi connectivity index (χ3n) is 4.10. The molecule has 2 aliphatic rings. The number of alkyl halides is 2. The summed E-state index contributed by atoms with van der Waals surface area (Å²) in [6.45, 7) is 1.39. The first-order valence-corrected chi connectivity index (χ1v) is 7.38. The molecule has 1 aliphatic carbocycles. The van der Waals surface area contributed by atoms with Gasteiger partial charge in [-0.1, -0.05) is 0 Å². The van der Waals surface area contributed by atoms with Crippen LogP contribution in [0.15, 0.2) is 18.2 Å². The fourth-order valence-electron chi connectivity index (χ4n) is 2.61. The summed E-state index contributed by atoms with van der Waals surface area (Å²) < 4.78 is 26.4. The van der Waals surface area contributed by atoms with Crippen LogP contribution in [0.4, 0.5) is 13.6 Å². The van der Waals surface area contributed by atoms with Crippen LogP contribution in [0.1, 0.15) is 18.9 Å². The molecule has 0 radical (unpaired) electrons. The lowest BCUT2D eigenvalue weighted by Gasteiger charge is -2.23. The van der Waals surface area contributed by atoms with E-state index in [0.29, 0.717) is 6.42 Å². The minimum atomic E-state index is -1.65. The number of carbonyl (C=O) groups is 2. The van der Waals surface area contributed by atoms with Crippen LogP contribution in [0, 0.1) is 17.6 Å². The van der Waals surface area contributed by atoms with Crippen LogP contribution in [-0.4, -0.2) is 27.7 Å². The Hall–Kier alpha value is -1.40. The van der Waals surface area contributed by atoms with Crippen molar-refractivity contribution < 1.29 is 18.4 Å². The summed E-state index contributed by atoms with van der Waals surface area (Å²) in [5, 5.41) is 2.42. The Kier molecular flexibility index (Phi) is 3.38. The van der Waals surface area contributed by atoms with E-state index in [-0.39, 0.29) is 18.0 Å². The van der Waals surface area contributed by atoms with Gasteiger partial charge in [0, 0.05) is 18.0 Å². The number of hydrogen-bond donors (Lipinski definition) is 1. The van der Waals surface area contributed by atoms with Gasteiger partial charge in [0.05, 0.1) is 0 Å². The number of imide groups is 1. The van der Waals surface area contributed by atoms with Gasteiger partial charge in [0.1, 0.15) is 21.5 Å². The molecule has 2 fully saturated rings. The third kappa shape index (κ3) is 2.34. The average molecular weight is 349 g/mol. The first-order valence-electron chi connectivity index (χ1n) is 6.62. The highest BCUT2D eigenvalue weighted by Crippen LogP contribution is 2.53. The van der Waals surface area contributed by atoms with E-state index in [0.717, 1.165) is 23.1 Å². The molecule has 1 aromatic carbocycles. The molecule has 1 heterocycles. The fraction of sp³-hybridized carbons (Fsp3) is 0.429. The normalized spacial score (nSPS) is 29.7. The molecule has 1 aromatic rings. The molecule has 0 spiro atoms. The Labute approximate surface area is 135 Å². The molecule has 2 atom stereocenters. The van der Waals surface area contributed by atoms with Crippen LogP contribution in [0.5, 0.6) is 0 Å². The lowest BCUT2D eigenvalue weighted by molar-refractivity contribution is -0.131. The van der Waals surface area contributed by atoms with E-state index in [4.69, 9.17) is 23.2 Å². The number of hydrogen-bond acceptors (Lipinski definition) is 2. The summed E-state index contributed by atoms with van der Waals surface area (Å²) in [4.78, 5) is 25.5. The van der Waals surface area contributed by atoms with Crippen molar-refractivity contribution >= 4 is 35.1 Å². The number of rotatable bonds is 3. The SMILES string of the molecule is CC1(c2cc(F)ccc2F)NC(=O)N(CC2CC2(Cl)Cl)C1=O. The van der Waals surface area contributed by atoms with Gasteiger partial charge in [-0.2, -0.15) is 0 Å². The largest absolute Gasteiger partial charge is 0.325 e. The quantitative estimate of drug-likeness (QED) is 0.674. The molecule has 1 saturated carbocycles. The van der Waals surface area contributed by atoms with Crippen molar-refractivity contribution in [3.63, 3.8) is 0 Å². The molecule has 3 rings (SSSR count). The standard InChI is InChI=1S/C14H12Cl2F2N2O2/c1-13(9-4-8(17)2-3-10(9)18)11(21)20(12(22)19-13)6-7-5-14(7,15)16/h2-4,7H,5-6H2,1H3,(H,19,22). The van der Waals surface area contributed by atoms with Gasteiger partial charge in [0.25, 0.3) is 5.91 Å². The maximum Gasteiger partial charge on any atom is 0.325 e. The molecule has 4 nitrogen and oxygen atoms in total. The zero-order valence-corrected chi connectivity index (χ0v) is 13.0. The number of nitrogens with one attached hydrogen (secondary N) is 1. The number of nitrogens with zero attached hydrogens (tertiary/aromatic N) is 1. The maximum atomic E-state index is 14.0. The first-order chi connectivity index (χ1) is 10.1. The molecule has 1 N–H and O–H groups in total. The summed E-state index contributed by atoms with van der Waals surface area (Å²) in [5.41, 5.74) is -1.87. The van der Waals surface area contributed by atoms with Crippen molar-refractivity contribution in [2.45, 2.75) is 23.2 Å². The summed E-state index contributed by atoms with van der Waals surface area (Å²) in [6.07, 6.45) is 0.470. The van der Waals surface area contributed by atoms with Crippen molar-refractivity contribution in [3.05, 3.63) is 35.4 Å². The molecule has 0 bridgehead atoms. The van der Waals surface area contributed by atoms with E-state index in [1.807, 2.05) is 0 Å². The first kappa shape index (κ1) is 15.5. The Balaban J connectivity index is 1.90. The predicted octanol–water partition coefficient (Wildman–Crippen LogP) is 2.93. The van der Waals surface area contributed by atoms with Gasteiger partial charge in [-0.05, 0) is 31.5 Å². The van der Waals surface area contributed by atoms with E-state index in [9.17, 15) is 18.4 Å². The van der Waals surface area contributed by atoms with Crippen molar-refractivity contribution in [1.82, 2.24) is 10.2 Å². The lowest BCUT2D eigenvalue weighted by atomic mass is 9.91. The van der Waals surface area contributed by atoms with E-state index in [1.165, 1.54) is 6.92 Å². The molecule has 118 valence electrons. The van der Waals surface area contributed by atoms with E-state index in [1.54, 1.807) is 0 Å². The highest BCUT2D eigenvalue weighted by Gasteiger charge is 2.57. The van der Waals surface area contributed by atoms with E-state index >= 15 is 0 Å². The molecule has 8 heteroatoms. The van der Waals surface area contributed by atoms with Gasteiger partial charge in [-0.25, -0.2) is 13.6 Å². The smallest absolute Gasteiger partial charge is 0.319 e. The van der Waals surface area contributed by atoms with Crippen molar-refractivity contribution in [2.24, 2.45) is 5.92 Å². The van der Waals surface area contributed by atoms with Gasteiger partial charge in [0.2, 0.25) is 0 Å². The third-order valence-corrected chi connectivity index (χ3v) is 5.03. The van der Waals surface area contributed by atoms with Crippen LogP contribution in [0.2, 0.25) is 0 Å². The molecule has 1 saturated heterocycles. The molecule has 2 unspecified atom stereocenters. The lowest BCUT2D eigenvalue weighted by Crippen LogP contribution is -2.42. The van der Waals surface area contributed by atoms with Gasteiger partial charge >= 0.3 is 6.03 Å². The molecule has 22 heavy (non-hydrogen) atoms. The Morgan fingerprint density at radius 3 is 2.59 bits per heavy atom. The van der Waals surface area contributed by atoms with Gasteiger partial charge in [-0.15, -0.1) is 23.2 Å². The summed E-state index contributed by atoms with van der Waals surface area (Å²) in [6, 6.07) is 2.09. The van der Waals surface area contributed by atoms with Crippen molar-refractivity contribution in [3.8, 4) is 0 Å². The highest BCUT2D eigenvalue weighted by molar-refractivity contribution is 6.50. The van der Waals surface area contributed by atoms with Crippen LogP contribution in [-0.2, 0) is 10.3 Å². The second-order valence-electron chi connectivity index (χ2n) is 5.76. The average Bonchev–Trinajstić information content (AvgIpc) is 2.97. The maximum absolute atomic E-state index is 14.0. The van der Waals surface area contributed by atoms with Crippen molar-refractivity contribution in [2.75, 3.05) is 6.54 Å². The highest BCUT2D eigenvalue weighted by atomic mass is 35.5. The topological polar surface area (TPSA) is 49.4 Å². The molecule has 3 amide bonds. The van der Waals surface area contributed by atoms with Crippen LogP contribution in [0.3, 0.4) is 0 Å². The van der Waals surface area contributed by atoms with Gasteiger partial charge in [-0.3, -0.25) is 9.69 Å². The summed E-state index contributed by atoms with van der Waals surface area (Å²) in [7, 11) is 0. The minimum Gasteiger partial charge on any atom is -0.319 e. The van der Waals surface area contributed by atoms with Crippen LogP contribution < -0.4 is 5.32 Å². The van der Waals surface area contributed by atoms with Crippen LogP contribution in [0.25, 0.3) is 0 Å². The summed E-state index contributed by atoms with van der Waals surface area (Å²) >= 11 is 11.8. The minimum absolute atomic E-state index is 0.0458. The zero-order valence-electron chi connectivity index (χ0n) is 11.5. The number of benzene rings is 1. The van der Waals surface area contributed by atoms with Gasteiger partial charge in [0.15, 0.2) is 0 Å². The molecule has 0 aromatic heterocycles. The number of amides is 3. The monoisotopic (exact) mass is 348 g/mol. The second-order valence-corrected chi connectivity index (χ2v) is 7.30.